The second-order valence-electron chi connectivity index (χ2n) is 4.28. The van der Waals surface area contributed by atoms with Crippen LogP contribution >= 0.6 is 11.6 Å². The van der Waals surface area contributed by atoms with Crippen LogP contribution in [0.4, 0.5) is 5.69 Å². The molecule has 0 radical (unpaired) electrons. The molecular weight excluding hydrogens is 288 g/mol. The van der Waals surface area contributed by atoms with Crippen LogP contribution in [0, 0.1) is 11.3 Å². The Morgan fingerprint density at radius 3 is 2.67 bits per heavy atom. The largest absolute Gasteiger partial charge is 0.487 e. The number of amides is 1. The third kappa shape index (κ3) is 4.23. The zero-order valence-electron chi connectivity index (χ0n) is 11.2. The fraction of sp³-hybridized carbons (Fsp3) is 0.125. The number of hydrogen-bond donors (Lipinski definition) is 1. The molecule has 0 saturated heterocycles. The molecule has 0 unspecified atom stereocenters. The molecular formula is C16H13ClN2O2. The molecule has 5 heteroatoms. The van der Waals surface area contributed by atoms with Gasteiger partial charge in [0.25, 0.3) is 0 Å². The molecule has 0 saturated carbocycles. The SMILES string of the molecule is N#Cc1ccc(OCc2ccccc2)c(NC(=O)CCl)c1. The van der Waals surface area contributed by atoms with Crippen LogP contribution in [0.2, 0.25) is 0 Å². The Kier molecular flexibility index (Phi) is 5.19. The fourth-order valence-corrected chi connectivity index (χ4v) is 1.81. The summed E-state index contributed by atoms with van der Waals surface area (Å²) in [7, 11) is 0. The summed E-state index contributed by atoms with van der Waals surface area (Å²) in [6.45, 7) is 0.372. The van der Waals surface area contributed by atoms with Gasteiger partial charge in [-0.15, -0.1) is 11.6 Å². The first-order valence-electron chi connectivity index (χ1n) is 6.29. The highest BCUT2D eigenvalue weighted by Gasteiger charge is 2.09. The van der Waals surface area contributed by atoms with E-state index in [2.05, 4.69) is 5.32 Å². The van der Waals surface area contributed by atoms with E-state index >= 15 is 0 Å². The van der Waals surface area contributed by atoms with Gasteiger partial charge in [0, 0.05) is 0 Å². The Labute approximate surface area is 127 Å². The smallest absolute Gasteiger partial charge is 0.239 e. The second kappa shape index (κ2) is 7.32. The number of halogens is 1. The maximum Gasteiger partial charge on any atom is 0.239 e. The molecule has 0 aliphatic heterocycles. The number of hydrogen-bond acceptors (Lipinski definition) is 3. The molecule has 0 heterocycles. The molecule has 0 spiro atoms. The highest BCUT2D eigenvalue weighted by atomic mass is 35.5. The van der Waals surface area contributed by atoms with E-state index in [9.17, 15) is 4.79 Å². The van der Waals surface area contributed by atoms with Crippen LogP contribution in [0.1, 0.15) is 11.1 Å². The molecule has 21 heavy (non-hydrogen) atoms. The maximum atomic E-state index is 11.4. The van der Waals surface area contributed by atoms with Crippen LogP contribution < -0.4 is 10.1 Å². The maximum absolute atomic E-state index is 11.4. The topological polar surface area (TPSA) is 62.1 Å². The predicted octanol–water partition coefficient (Wildman–Crippen LogP) is 3.31. The van der Waals surface area contributed by atoms with E-state index in [1.165, 1.54) is 0 Å². The van der Waals surface area contributed by atoms with Crippen molar-refractivity contribution in [2.45, 2.75) is 6.61 Å². The van der Waals surface area contributed by atoms with Crippen molar-refractivity contribution < 1.29 is 9.53 Å². The summed E-state index contributed by atoms with van der Waals surface area (Å²) < 4.78 is 5.70. The molecule has 0 aromatic heterocycles. The van der Waals surface area contributed by atoms with E-state index in [0.29, 0.717) is 23.6 Å². The van der Waals surface area contributed by atoms with E-state index in [1.807, 2.05) is 36.4 Å². The number of anilines is 1. The Balaban J connectivity index is 2.17. The van der Waals surface area contributed by atoms with Crippen LogP contribution in [-0.2, 0) is 11.4 Å². The third-order valence-corrected chi connectivity index (χ3v) is 2.98. The molecule has 106 valence electrons. The monoisotopic (exact) mass is 300 g/mol. The van der Waals surface area contributed by atoms with Gasteiger partial charge in [0.15, 0.2) is 0 Å². The number of nitrogens with zero attached hydrogens (tertiary/aromatic N) is 1. The molecule has 0 bridgehead atoms. The summed E-state index contributed by atoms with van der Waals surface area (Å²) >= 11 is 5.48. The third-order valence-electron chi connectivity index (χ3n) is 2.74. The molecule has 1 amide bonds. The van der Waals surface area contributed by atoms with Gasteiger partial charge in [0.1, 0.15) is 18.2 Å². The van der Waals surface area contributed by atoms with Gasteiger partial charge in [0.2, 0.25) is 5.91 Å². The van der Waals surface area contributed by atoms with E-state index in [4.69, 9.17) is 21.6 Å². The standard InChI is InChI=1S/C16H13ClN2O2/c17-9-16(20)19-14-8-13(10-18)6-7-15(14)21-11-12-4-2-1-3-5-12/h1-8H,9,11H2,(H,19,20). The van der Waals surface area contributed by atoms with Gasteiger partial charge in [0.05, 0.1) is 17.3 Å². The van der Waals surface area contributed by atoms with Crippen molar-refractivity contribution in [2.75, 3.05) is 11.2 Å². The van der Waals surface area contributed by atoms with Gasteiger partial charge < -0.3 is 10.1 Å². The van der Waals surface area contributed by atoms with E-state index in [1.54, 1.807) is 18.2 Å². The molecule has 2 aromatic carbocycles. The summed E-state index contributed by atoms with van der Waals surface area (Å²) in [5.41, 5.74) is 1.89. The summed E-state index contributed by atoms with van der Waals surface area (Å²) in [5.74, 6) is -0.0119. The molecule has 0 aliphatic carbocycles. The van der Waals surface area contributed by atoms with Crippen LogP contribution in [0.25, 0.3) is 0 Å². The second-order valence-corrected chi connectivity index (χ2v) is 4.55. The number of nitrogens with one attached hydrogen (secondary N) is 1. The number of carbonyl (C=O) groups excluding carboxylic acids is 1. The predicted molar refractivity (Wildman–Crippen MR) is 81.3 cm³/mol. The normalized spacial score (nSPS) is 9.71. The summed E-state index contributed by atoms with van der Waals surface area (Å²) in [6.07, 6.45) is 0. The van der Waals surface area contributed by atoms with Gasteiger partial charge in [-0.05, 0) is 23.8 Å². The number of benzene rings is 2. The molecule has 0 aliphatic rings. The van der Waals surface area contributed by atoms with Gasteiger partial charge in [-0.2, -0.15) is 5.26 Å². The molecule has 2 aromatic rings. The quantitative estimate of drug-likeness (QED) is 0.862. The molecule has 1 N–H and O–H groups in total. The van der Waals surface area contributed by atoms with E-state index in [-0.39, 0.29) is 11.8 Å². The van der Waals surface area contributed by atoms with E-state index in [0.717, 1.165) is 5.56 Å². The molecule has 0 fully saturated rings. The number of alkyl halides is 1. The van der Waals surface area contributed by atoms with Crippen LogP contribution in [0.5, 0.6) is 5.75 Å². The van der Waals surface area contributed by atoms with Gasteiger partial charge in [-0.1, -0.05) is 30.3 Å². The first-order valence-corrected chi connectivity index (χ1v) is 6.83. The molecule has 2 rings (SSSR count). The number of rotatable bonds is 5. The van der Waals surface area contributed by atoms with Crippen molar-refractivity contribution >= 4 is 23.2 Å². The Morgan fingerprint density at radius 2 is 2.00 bits per heavy atom. The first-order chi connectivity index (χ1) is 10.2. The Hall–Kier alpha value is -2.51. The van der Waals surface area contributed by atoms with Crippen molar-refractivity contribution in [1.29, 1.82) is 5.26 Å². The van der Waals surface area contributed by atoms with Gasteiger partial charge in [-0.3, -0.25) is 4.79 Å². The van der Waals surface area contributed by atoms with Crippen molar-refractivity contribution in [2.24, 2.45) is 0 Å². The number of carbonyl (C=O) groups is 1. The molecule has 0 atom stereocenters. The summed E-state index contributed by atoms with van der Waals surface area (Å²) in [6, 6.07) is 16.5. The average molecular weight is 301 g/mol. The van der Waals surface area contributed by atoms with Crippen LogP contribution in [-0.4, -0.2) is 11.8 Å². The summed E-state index contributed by atoms with van der Waals surface area (Å²) in [4.78, 5) is 11.4. The Bertz CT molecular complexity index is 666. The van der Waals surface area contributed by atoms with Crippen LogP contribution in [0.3, 0.4) is 0 Å². The van der Waals surface area contributed by atoms with Crippen LogP contribution in [0.15, 0.2) is 48.5 Å². The lowest BCUT2D eigenvalue weighted by Crippen LogP contribution is -2.13. The highest BCUT2D eigenvalue weighted by Crippen LogP contribution is 2.26. The lowest BCUT2D eigenvalue weighted by Gasteiger charge is -2.12. The lowest BCUT2D eigenvalue weighted by molar-refractivity contribution is -0.113. The minimum Gasteiger partial charge on any atom is -0.487 e. The van der Waals surface area contributed by atoms with Crippen molar-refractivity contribution in [3.63, 3.8) is 0 Å². The van der Waals surface area contributed by atoms with E-state index < -0.39 is 0 Å². The molecule has 4 nitrogen and oxygen atoms in total. The zero-order chi connectivity index (χ0) is 15.1. The van der Waals surface area contributed by atoms with Crippen molar-refractivity contribution in [3.8, 4) is 11.8 Å². The summed E-state index contributed by atoms with van der Waals surface area (Å²) in [5, 5.41) is 11.5. The van der Waals surface area contributed by atoms with Gasteiger partial charge in [-0.25, -0.2) is 0 Å². The van der Waals surface area contributed by atoms with Gasteiger partial charge >= 0.3 is 0 Å². The first kappa shape index (κ1) is 14.9. The lowest BCUT2D eigenvalue weighted by atomic mass is 10.2. The minimum atomic E-state index is -0.351. The van der Waals surface area contributed by atoms with Crippen molar-refractivity contribution in [1.82, 2.24) is 0 Å². The number of ether oxygens (including phenoxy) is 1. The Morgan fingerprint density at radius 1 is 1.24 bits per heavy atom. The highest BCUT2D eigenvalue weighted by molar-refractivity contribution is 6.29. The zero-order valence-corrected chi connectivity index (χ0v) is 11.9. The minimum absolute atomic E-state index is 0.158. The fourth-order valence-electron chi connectivity index (χ4n) is 1.74. The average Bonchev–Trinajstić information content (AvgIpc) is 2.54. The number of nitriles is 1. The van der Waals surface area contributed by atoms with Crippen molar-refractivity contribution in [3.05, 3.63) is 59.7 Å².